The quantitative estimate of drug-likeness (QED) is 0.631. The first-order chi connectivity index (χ1) is 17.2. The molecule has 2 aromatic rings. The standard InChI is InChI=1S/C28H38FN3O4/c1-6-9-27(33)30-22-12-13-23-25(14-22)36-18-20(3)32(16-21-10-7-8-11-24(21)29)15-19(2)26(35-5)17-31(4)28(23)34/h7-8,10-14,19-20,26H,6,9,15-18H2,1-5H3,(H,30,33)/t19-,20+,26+/m1/s1. The molecule has 0 radical (unpaired) electrons. The van der Waals surface area contributed by atoms with Gasteiger partial charge in [0.25, 0.3) is 5.91 Å². The van der Waals surface area contributed by atoms with Crippen molar-refractivity contribution in [2.24, 2.45) is 5.92 Å². The highest BCUT2D eigenvalue weighted by Crippen LogP contribution is 2.27. The number of halogens is 1. The zero-order valence-corrected chi connectivity index (χ0v) is 21.9. The number of amides is 2. The largest absolute Gasteiger partial charge is 0.491 e. The van der Waals surface area contributed by atoms with Gasteiger partial charge in [-0.25, -0.2) is 4.39 Å². The maximum atomic E-state index is 14.5. The number of nitrogens with one attached hydrogen (secondary N) is 1. The fourth-order valence-corrected chi connectivity index (χ4v) is 4.44. The second-order valence-electron chi connectivity index (χ2n) is 9.63. The highest BCUT2D eigenvalue weighted by atomic mass is 19.1. The molecule has 1 aliphatic rings. The summed E-state index contributed by atoms with van der Waals surface area (Å²) < 4.78 is 26.5. The molecule has 1 heterocycles. The van der Waals surface area contributed by atoms with E-state index in [0.717, 1.165) is 6.42 Å². The molecule has 0 saturated carbocycles. The number of likely N-dealkylation sites (N-methyl/N-ethyl adjacent to an activating group) is 1. The predicted octanol–water partition coefficient (Wildman–Crippen LogP) is 4.57. The van der Waals surface area contributed by atoms with Crippen molar-refractivity contribution in [2.75, 3.05) is 39.2 Å². The fraction of sp³-hybridized carbons (Fsp3) is 0.500. The third-order valence-corrected chi connectivity index (χ3v) is 6.67. The lowest BCUT2D eigenvalue weighted by molar-refractivity contribution is -0.116. The van der Waals surface area contributed by atoms with Crippen LogP contribution in [0.1, 0.15) is 49.5 Å². The van der Waals surface area contributed by atoms with Gasteiger partial charge in [0.15, 0.2) is 0 Å². The van der Waals surface area contributed by atoms with Crippen molar-refractivity contribution >= 4 is 17.5 Å². The van der Waals surface area contributed by atoms with E-state index in [1.807, 2.05) is 19.9 Å². The number of rotatable bonds is 6. The van der Waals surface area contributed by atoms with Crippen LogP contribution in [0, 0.1) is 11.7 Å². The normalized spacial score (nSPS) is 21.7. The molecule has 1 N–H and O–H groups in total. The van der Waals surface area contributed by atoms with Gasteiger partial charge in [0.2, 0.25) is 5.91 Å². The Balaban J connectivity index is 1.94. The number of fused-ring (bicyclic) bond motifs is 1. The minimum atomic E-state index is -0.240. The maximum Gasteiger partial charge on any atom is 0.257 e. The summed E-state index contributed by atoms with van der Waals surface area (Å²) in [5.41, 5.74) is 1.61. The SMILES string of the molecule is CCCC(=O)Nc1ccc2c(c1)OC[C@H](C)N(Cc1ccccc1F)C[C@@H](C)[C@@H](OC)CN(C)C2=O. The van der Waals surface area contributed by atoms with E-state index in [-0.39, 0.29) is 42.3 Å². The van der Waals surface area contributed by atoms with Crippen LogP contribution in [-0.2, 0) is 16.1 Å². The molecule has 2 aromatic carbocycles. The lowest BCUT2D eigenvalue weighted by Crippen LogP contribution is -2.46. The van der Waals surface area contributed by atoms with Gasteiger partial charge in [-0.1, -0.05) is 32.0 Å². The molecule has 8 heteroatoms. The lowest BCUT2D eigenvalue weighted by atomic mass is 10.0. The van der Waals surface area contributed by atoms with Gasteiger partial charge in [-0.05, 0) is 37.5 Å². The second kappa shape index (κ2) is 12.8. The van der Waals surface area contributed by atoms with Crippen LogP contribution < -0.4 is 10.1 Å². The first kappa shape index (κ1) is 27.6. The molecule has 36 heavy (non-hydrogen) atoms. The number of benzene rings is 2. The fourth-order valence-electron chi connectivity index (χ4n) is 4.44. The molecular formula is C28H38FN3O4. The minimum absolute atomic E-state index is 0.0783. The number of methoxy groups -OCH3 is 1. The Bertz CT molecular complexity index is 1050. The third-order valence-electron chi connectivity index (χ3n) is 6.67. The van der Waals surface area contributed by atoms with Crippen molar-refractivity contribution in [3.63, 3.8) is 0 Å². The van der Waals surface area contributed by atoms with Crippen molar-refractivity contribution in [1.29, 1.82) is 0 Å². The molecule has 0 fully saturated rings. The Morgan fingerprint density at radius 1 is 1.19 bits per heavy atom. The summed E-state index contributed by atoms with van der Waals surface area (Å²) in [6.07, 6.45) is 0.953. The Kier molecular flexibility index (Phi) is 9.84. The minimum Gasteiger partial charge on any atom is -0.491 e. The monoisotopic (exact) mass is 499 g/mol. The van der Waals surface area contributed by atoms with Crippen LogP contribution in [0.15, 0.2) is 42.5 Å². The average Bonchev–Trinajstić information content (AvgIpc) is 2.85. The van der Waals surface area contributed by atoms with E-state index in [1.165, 1.54) is 6.07 Å². The number of ether oxygens (including phenoxy) is 2. The third kappa shape index (κ3) is 7.04. The molecule has 196 valence electrons. The molecule has 3 atom stereocenters. The van der Waals surface area contributed by atoms with Gasteiger partial charge in [0, 0.05) is 63.6 Å². The molecule has 7 nitrogen and oxygen atoms in total. The van der Waals surface area contributed by atoms with Crippen LogP contribution in [0.25, 0.3) is 0 Å². The van der Waals surface area contributed by atoms with Crippen LogP contribution in [0.3, 0.4) is 0 Å². The van der Waals surface area contributed by atoms with Crippen molar-refractivity contribution in [3.05, 3.63) is 59.4 Å². The molecule has 0 bridgehead atoms. The van der Waals surface area contributed by atoms with Gasteiger partial charge in [-0.2, -0.15) is 0 Å². The highest BCUT2D eigenvalue weighted by molar-refractivity contribution is 5.98. The molecule has 0 aliphatic carbocycles. The first-order valence-corrected chi connectivity index (χ1v) is 12.6. The zero-order chi connectivity index (χ0) is 26.2. The first-order valence-electron chi connectivity index (χ1n) is 12.6. The molecular weight excluding hydrogens is 461 g/mol. The van der Waals surface area contributed by atoms with Crippen molar-refractivity contribution in [2.45, 2.75) is 52.3 Å². The van der Waals surface area contributed by atoms with Gasteiger partial charge in [-0.15, -0.1) is 0 Å². The molecule has 0 aromatic heterocycles. The van der Waals surface area contributed by atoms with Crippen molar-refractivity contribution in [3.8, 4) is 5.75 Å². The Hall–Kier alpha value is -2.97. The van der Waals surface area contributed by atoms with Crippen LogP contribution in [0.5, 0.6) is 5.75 Å². The lowest BCUT2D eigenvalue weighted by Gasteiger charge is -2.36. The predicted molar refractivity (Wildman–Crippen MR) is 139 cm³/mol. The number of hydrogen-bond acceptors (Lipinski definition) is 5. The summed E-state index contributed by atoms with van der Waals surface area (Å²) in [6, 6.07) is 11.8. The topological polar surface area (TPSA) is 71.1 Å². The van der Waals surface area contributed by atoms with Crippen LogP contribution in [-0.4, -0.2) is 67.6 Å². The summed E-state index contributed by atoms with van der Waals surface area (Å²) in [4.78, 5) is 29.3. The molecule has 2 amide bonds. The van der Waals surface area contributed by atoms with E-state index >= 15 is 0 Å². The van der Waals surface area contributed by atoms with E-state index in [1.54, 1.807) is 49.4 Å². The Morgan fingerprint density at radius 2 is 1.94 bits per heavy atom. The van der Waals surface area contributed by atoms with E-state index in [4.69, 9.17) is 9.47 Å². The van der Waals surface area contributed by atoms with E-state index in [0.29, 0.717) is 48.6 Å². The van der Waals surface area contributed by atoms with Gasteiger partial charge >= 0.3 is 0 Å². The van der Waals surface area contributed by atoms with Gasteiger partial charge in [0.1, 0.15) is 18.2 Å². The molecule has 0 unspecified atom stereocenters. The summed E-state index contributed by atoms with van der Waals surface area (Å²) in [6.45, 7) is 7.80. The van der Waals surface area contributed by atoms with Gasteiger partial charge in [-0.3, -0.25) is 14.5 Å². The average molecular weight is 500 g/mol. The van der Waals surface area contributed by atoms with E-state index in [9.17, 15) is 14.0 Å². The van der Waals surface area contributed by atoms with Crippen LogP contribution >= 0.6 is 0 Å². The van der Waals surface area contributed by atoms with Crippen LogP contribution in [0.2, 0.25) is 0 Å². The zero-order valence-electron chi connectivity index (χ0n) is 21.9. The van der Waals surface area contributed by atoms with Crippen LogP contribution in [0.4, 0.5) is 10.1 Å². The number of carbonyl (C=O) groups excluding carboxylic acids is 2. The Morgan fingerprint density at radius 3 is 2.64 bits per heavy atom. The summed E-state index contributed by atoms with van der Waals surface area (Å²) >= 11 is 0. The molecule has 0 spiro atoms. The van der Waals surface area contributed by atoms with E-state index in [2.05, 4.69) is 17.1 Å². The Labute approximate surface area is 213 Å². The maximum absolute atomic E-state index is 14.5. The smallest absolute Gasteiger partial charge is 0.257 e. The molecule has 1 aliphatic heterocycles. The van der Waals surface area contributed by atoms with Gasteiger partial charge < -0.3 is 19.7 Å². The number of carbonyl (C=O) groups is 2. The second-order valence-corrected chi connectivity index (χ2v) is 9.63. The summed E-state index contributed by atoms with van der Waals surface area (Å²) in [5, 5.41) is 2.87. The number of nitrogens with zero attached hydrogens (tertiary/aromatic N) is 2. The summed E-state index contributed by atoms with van der Waals surface area (Å²) in [5.74, 6) is -0.0238. The molecule has 3 rings (SSSR count). The summed E-state index contributed by atoms with van der Waals surface area (Å²) in [7, 11) is 3.39. The van der Waals surface area contributed by atoms with Crippen molar-refractivity contribution < 1.29 is 23.5 Å². The number of anilines is 1. The van der Waals surface area contributed by atoms with Crippen molar-refractivity contribution in [1.82, 2.24) is 9.80 Å². The molecule has 0 saturated heterocycles. The highest BCUT2D eigenvalue weighted by Gasteiger charge is 2.28. The van der Waals surface area contributed by atoms with E-state index < -0.39 is 0 Å². The van der Waals surface area contributed by atoms with Gasteiger partial charge in [0.05, 0.1) is 11.7 Å². The number of hydrogen-bond donors (Lipinski definition) is 1.